The minimum Gasteiger partial charge on any atom is -0.319 e. The summed E-state index contributed by atoms with van der Waals surface area (Å²) in [6.07, 6.45) is -4.82. The molecule has 1 aromatic heterocycles. The fourth-order valence-electron chi connectivity index (χ4n) is 1.47. The molecule has 0 aliphatic heterocycles. The highest BCUT2D eigenvalue weighted by molar-refractivity contribution is 7.17. The molecule has 0 atom stereocenters. The summed E-state index contributed by atoms with van der Waals surface area (Å²) in [7, 11) is 0. The van der Waals surface area contributed by atoms with Crippen molar-refractivity contribution in [2.75, 3.05) is 5.32 Å². The summed E-state index contributed by atoms with van der Waals surface area (Å²) in [5, 5.41) is 2.37. The lowest BCUT2D eigenvalue weighted by Gasteiger charge is -2.10. The number of nitrogens with one attached hydrogen (secondary N) is 1. The van der Waals surface area contributed by atoms with Gasteiger partial charge in [0.2, 0.25) is 0 Å². The summed E-state index contributed by atoms with van der Waals surface area (Å²) in [6, 6.07) is 2.57. The molecular formula is C11H3Cl4F3N2OS. The lowest BCUT2D eigenvalue weighted by atomic mass is 10.3. The third-order valence-corrected chi connectivity index (χ3v) is 4.29. The Labute approximate surface area is 145 Å². The molecule has 1 amide bonds. The van der Waals surface area contributed by atoms with Crippen molar-refractivity contribution in [2.24, 2.45) is 0 Å². The maximum Gasteiger partial charge on any atom is 0.435 e. The van der Waals surface area contributed by atoms with Crippen LogP contribution < -0.4 is 5.32 Å². The van der Waals surface area contributed by atoms with Gasteiger partial charge in [-0.25, -0.2) is 4.98 Å². The first kappa shape index (κ1) is 17.6. The molecule has 0 spiro atoms. The van der Waals surface area contributed by atoms with Gasteiger partial charge in [0.25, 0.3) is 5.91 Å². The second-order valence-electron chi connectivity index (χ2n) is 3.84. The van der Waals surface area contributed by atoms with E-state index in [0.717, 1.165) is 0 Å². The number of hydrogen-bond acceptors (Lipinski definition) is 3. The van der Waals surface area contributed by atoms with E-state index >= 15 is 0 Å². The molecule has 0 saturated heterocycles. The molecular weight excluding hydrogens is 407 g/mol. The highest BCUT2D eigenvalue weighted by atomic mass is 35.5. The summed E-state index contributed by atoms with van der Waals surface area (Å²) in [6.45, 7) is 0. The lowest BCUT2D eigenvalue weighted by Crippen LogP contribution is -2.17. The van der Waals surface area contributed by atoms with Crippen LogP contribution in [-0.4, -0.2) is 10.9 Å². The SMILES string of the molecule is O=C(Nc1c(Cl)cc(Cl)cc1Cl)c1sc(Cl)nc1C(F)(F)F. The summed E-state index contributed by atoms with van der Waals surface area (Å²) in [5.74, 6) is -1.08. The number of thiazole rings is 1. The zero-order valence-corrected chi connectivity index (χ0v) is 13.9. The van der Waals surface area contributed by atoms with Crippen LogP contribution >= 0.6 is 57.7 Å². The highest BCUT2D eigenvalue weighted by Crippen LogP contribution is 2.38. The van der Waals surface area contributed by atoms with E-state index in [-0.39, 0.29) is 20.8 Å². The molecule has 118 valence electrons. The first-order valence-electron chi connectivity index (χ1n) is 5.29. The van der Waals surface area contributed by atoms with Crippen LogP contribution in [0, 0.1) is 0 Å². The normalized spacial score (nSPS) is 11.6. The van der Waals surface area contributed by atoms with E-state index in [1.165, 1.54) is 12.1 Å². The van der Waals surface area contributed by atoms with Crippen LogP contribution in [0.2, 0.25) is 19.5 Å². The number of hydrogen-bond donors (Lipinski definition) is 1. The van der Waals surface area contributed by atoms with E-state index in [2.05, 4.69) is 10.3 Å². The van der Waals surface area contributed by atoms with Crippen molar-refractivity contribution in [1.82, 2.24) is 4.98 Å². The van der Waals surface area contributed by atoms with Gasteiger partial charge < -0.3 is 5.32 Å². The van der Waals surface area contributed by atoms with Crippen LogP contribution in [0.25, 0.3) is 0 Å². The number of amides is 1. The number of benzene rings is 1. The first-order chi connectivity index (χ1) is 10.1. The van der Waals surface area contributed by atoms with Crippen molar-refractivity contribution >= 4 is 69.3 Å². The predicted molar refractivity (Wildman–Crippen MR) is 81.6 cm³/mol. The number of anilines is 1. The second-order valence-corrected chi connectivity index (χ2v) is 6.67. The molecule has 0 aliphatic carbocycles. The van der Waals surface area contributed by atoms with E-state index in [9.17, 15) is 18.0 Å². The van der Waals surface area contributed by atoms with E-state index in [1.807, 2.05) is 0 Å². The molecule has 0 fully saturated rings. The molecule has 1 heterocycles. The minimum atomic E-state index is -4.82. The Morgan fingerprint density at radius 2 is 1.68 bits per heavy atom. The number of aromatic nitrogens is 1. The van der Waals surface area contributed by atoms with Crippen molar-refractivity contribution in [3.8, 4) is 0 Å². The van der Waals surface area contributed by atoms with Gasteiger partial charge in [0.15, 0.2) is 10.2 Å². The molecule has 1 aromatic carbocycles. The first-order valence-corrected chi connectivity index (χ1v) is 7.62. The second kappa shape index (κ2) is 6.41. The Bertz CT molecular complexity index is 724. The smallest absolute Gasteiger partial charge is 0.319 e. The zero-order valence-electron chi connectivity index (χ0n) is 10.1. The number of nitrogens with zero attached hydrogens (tertiary/aromatic N) is 1. The molecule has 0 radical (unpaired) electrons. The third kappa shape index (κ3) is 3.78. The van der Waals surface area contributed by atoms with Crippen molar-refractivity contribution in [3.05, 3.63) is 42.2 Å². The summed E-state index contributed by atoms with van der Waals surface area (Å²) >= 11 is 23.3. The highest BCUT2D eigenvalue weighted by Gasteiger charge is 2.39. The van der Waals surface area contributed by atoms with Gasteiger partial charge in [-0.15, -0.1) is 0 Å². The van der Waals surface area contributed by atoms with E-state index in [1.54, 1.807) is 0 Å². The van der Waals surface area contributed by atoms with E-state index in [0.29, 0.717) is 11.3 Å². The van der Waals surface area contributed by atoms with Crippen LogP contribution in [0.4, 0.5) is 18.9 Å². The molecule has 0 unspecified atom stereocenters. The van der Waals surface area contributed by atoms with Gasteiger partial charge in [0, 0.05) is 5.02 Å². The van der Waals surface area contributed by atoms with Crippen molar-refractivity contribution in [3.63, 3.8) is 0 Å². The third-order valence-electron chi connectivity index (χ3n) is 2.32. The number of halogens is 7. The zero-order chi connectivity index (χ0) is 16.7. The van der Waals surface area contributed by atoms with Gasteiger partial charge in [0.1, 0.15) is 4.88 Å². The molecule has 11 heteroatoms. The number of alkyl halides is 3. The van der Waals surface area contributed by atoms with Gasteiger partial charge in [-0.2, -0.15) is 13.2 Å². The Hall–Kier alpha value is -0.730. The average molecular weight is 410 g/mol. The number of rotatable bonds is 2. The molecule has 3 nitrogen and oxygen atoms in total. The van der Waals surface area contributed by atoms with Gasteiger partial charge in [-0.05, 0) is 12.1 Å². The fourth-order valence-corrected chi connectivity index (χ4v) is 3.41. The Morgan fingerprint density at radius 1 is 1.14 bits per heavy atom. The van der Waals surface area contributed by atoms with Gasteiger partial charge in [-0.1, -0.05) is 57.7 Å². The molecule has 0 bridgehead atoms. The van der Waals surface area contributed by atoms with Crippen LogP contribution in [0.15, 0.2) is 12.1 Å². The van der Waals surface area contributed by atoms with Crippen molar-refractivity contribution in [1.29, 1.82) is 0 Å². The minimum absolute atomic E-state index is 0.0185. The maximum absolute atomic E-state index is 12.8. The summed E-state index contributed by atoms with van der Waals surface area (Å²) < 4.78 is 38.0. The Balaban J connectivity index is 2.39. The average Bonchev–Trinajstić information content (AvgIpc) is 2.75. The molecule has 2 aromatic rings. The number of carbonyl (C=O) groups is 1. The monoisotopic (exact) mass is 408 g/mol. The maximum atomic E-state index is 12.8. The fraction of sp³-hybridized carbons (Fsp3) is 0.0909. The molecule has 0 saturated carbocycles. The Morgan fingerprint density at radius 3 is 2.18 bits per heavy atom. The van der Waals surface area contributed by atoms with E-state index in [4.69, 9.17) is 46.4 Å². The van der Waals surface area contributed by atoms with Crippen LogP contribution in [-0.2, 0) is 6.18 Å². The quantitative estimate of drug-likeness (QED) is 0.658. The standard InChI is InChI=1S/C11H3Cl4F3N2OS/c12-3-1-4(13)6(5(14)2-3)19-9(21)7-8(11(16,17)18)20-10(15)22-7/h1-2H,(H,19,21). The molecule has 2 rings (SSSR count). The molecule has 22 heavy (non-hydrogen) atoms. The van der Waals surface area contributed by atoms with Gasteiger partial charge >= 0.3 is 6.18 Å². The van der Waals surface area contributed by atoms with Gasteiger partial charge in [-0.3, -0.25) is 4.79 Å². The predicted octanol–water partition coefficient (Wildman–Crippen LogP) is 6.03. The van der Waals surface area contributed by atoms with Crippen molar-refractivity contribution < 1.29 is 18.0 Å². The summed E-state index contributed by atoms with van der Waals surface area (Å²) in [4.78, 5) is 14.5. The van der Waals surface area contributed by atoms with E-state index < -0.39 is 27.1 Å². The molecule has 1 N–H and O–H groups in total. The Kier molecular flexibility index (Phi) is 5.13. The van der Waals surface area contributed by atoms with Crippen LogP contribution in [0.1, 0.15) is 15.4 Å². The summed E-state index contributed by atoms with van der Waals surface area (Å²) in [5.41, 5.74) is -1.43. The van der Waals surface area contributed by atoms with Gasteiger partial charge in [0.05, 0.1) is 15.7 Å². The van der Waals surface area contributed by atoms with Crippen molar-refractivity contribution in [2.45, 2.75) is 6.18 Å². The topological polar surface area (TPSA) is 42.0 Å². The number of carbonyl (C=O) groups excluding carboxylic acids is 1. The van der Waals surface area contributed by atoms with Crippen LogP contribution in [0.3, 0.4) is 0 Å². The molecule has 0 aliphatic rings. The largest absolute Gasteiger partial charge is 0.435 e. The van der Waals surface area contributed by atoms with Crippen LogP contribution in [0.5, 0.6) is 0 Å². The lowest BCUT2D eigenvalue weighted by molar-refractivity contribution is -0.141.